The van der Waals surface area contributed by atoms with Gasteiger partial charge in [0.05, 0.1) is 5.56 Å². The van der Waals surface area contributed by atoms with Crippen LogP contribution in [-0.4, -0.2) is 37.1 Å². The van der Waals surface area contributed by atoms with E-state index in [4.69, 9.17) is 10.5 Å². The Morgan fingerprint density at radius 3 is 2.45 bits per heavy atom. The van der Waals surface area contributed by atoms with E-state index in [0.29, 0.717) is 17.9 Å². The second-order valence-corrected chi connectivity index (χ2v) is 5.19. The van der Waals surface area contributed by atoms with Gasteiger partial charge in [0, 0.05) is 12.2 Å². The van der Waals surface area contributed by atoms with Gasteiger partial charge >= 0.3 is 5.97 Å². The van der Waals surface area contributed by atoms with Gasteiger partial charge in [-0.3, -0.25) is 0 Å². The number of carbonyl (C=O) groups is 1. The Hall–Kier alpha value is -1.26. The first-order valence-electron chi connectivity index (χ1n) is 7.90. The fraction of sp³-hybridized carbons (Fsp3) is 0.588. The van der Waals surface area contributed by atoms with Crippen LogP contribution in [0.5, 0.6) is 0 Å². The molecule has 0 saturated heterocycles. The van der Waals surface area contributed by atoms with Crippen molar-refractivity contribution in [2.75, 3.05) is 32.0 Å². The SMILES string of the molecule is CCCCc1ccc(C(=O)OCCN(CC)CC)c(N)c1.Cl. The number of hydrogen-bond donors (Lipinski definition) is 1. The fourth-order valence-corrected chi connectivity index (χ4v) is 2.22. The Bertz CT molecular complexity index is 448. The zero-order chi connectivity index (χ0) is 15.7. The highest BCUT2D eigenvalue weighted by atomic mass is 35.5. The first-order chi connectivity index (χ1) is 10.1. The van der Waals surface area contributed by atoms with E-state index in [9.17, 15) is 4.79 Å². The molecule has 5 heteroatoms. The summed E-state index contributed by atoms with van der Waals surface area (Å²) in [5.41, 5.74) is 8.12. The van der Waals surface area contributed by atoms with Crippen molar-refractivity contribution in [3.05, 3.63) is 29.3 Å². The Morgan fingerprint density at radius 2 is 1.91 bits per heavy atom. The summed E-state index contributed by atoms with van der Waals surface area (Å²) in [5.74, 6) is -0.332. The summed E-state index contributed by atoms with van der Waals surface area (Å²) >= 11 is 0. The molecule has 0 radical (unpaired) electrons. The maximum atomic E-state index is 12.0. The number of ether oxygens (including phenoxy) is 1. The highest BCUT2D eigenvalue weighted by molar-refractivity contribution is 5.95. The molecule has 1 rings (SSSR count). The number of hydrogen-bond acceptors (Lipinski definition) is 4. The number of aryl methyl sites for hydroxylation is 1. The number of benzene rings is 1. The first kappa shape index (κ1) is 20.7. The molecule has 0 spiro atoms. The molecule has 0 heterocycles. The minimum Gasteiger partial charge on any atom is -0.461 e. The largest absolute Gasteiger partial charge is 0.461 e. The van der Waals surface area contributed by atoms with E-state index in [2.05, 4.69) is 25.7 Å². The summed E-state index contributed by atoms with van der Waals surface area (Å²) in [5, 5.41) is 0. The second kappa shape index (κ2) is 11.3. The van der Waals surface area contributed by atoms with Gasteiger partial charge in [-0.1, -0.05) is 33.3 Å². The Balaban J connectivity index is 0.00000441. The lowest BCUT2D eigenvalue weighted by Crippen LogP contribution is -2.28. The van der Waals surface area contributed by atoms with Crippen LogP contribution in [0.1, 0.15) is 49.5 Å². The van der Waals surface area contributed by atoms with Crippen LogP contribution in [0.3, 0.4) is 0 Å². The van der Waals surface area contributed by atoms with Gasteiger partial charge in [0.2, 0.25) is 0 Å². The van der Waals surface area contributed by atoms with E-state index in [0.717, 1.165) is 38.9 Å². The van der Waals surface area contributed by atoms with E-state index in [1.54, 1.807) is 6.07 Å². The number of likely N-dealkylation sites (N-methyl/N-ethyl adjacent to an activating group) is 1. The average Bonchev–Trinajstić information content (AvgIpc) is 2.49. The number of nitrogens with two attached hydrogens (primary N) is 1. The summed E-state index contributed by atoms with van der Waals surface area (Å²) in [6, 6.07) is 5.63. The summed E-state index contributed by atoms with van der Waals surface area (Å²) in [4.78, 5) is 14.2. The van der Waals surface area contributed by atoms with Gasteiger partial charge in [0.25, 0.3) is 0 Å². The summed E-state index contributed by atoms with van der Waals surface area (Å²) in [6.45, 7) is 9.43. The van der Waals surface area contributed by atoms with Crippen LogP contribution in [0.15, 0.2) is 18.2 Å². The van der Waals surface area contributed by atoms with E-state index in [-0.39, 0.29) is 18.4 Å². The molecule has 0 unspecified atom stereocenters. The van der Waals surface area contributed by atoms with Crippen LogP contribution in [0.2, 0.25) is 0 Å². The van der Waals surface area contributed by atoms with E-state index < -0.39 is 0 Å². The normalized spacial score (nSPS) is 10.4. The van der Waals surface area contributed by atoms with Crippen molar-refractivity contribution in [1.82, 2.24) is 4.90 Å². The van der Waals surface area contributed by atoms with Gasteiger partial charge in [-0.25, -0.2) is 4.79 Å². The minimum absolute atomic E-state index is 0. The number of unbranched alkanes of at least 4 members (excludes halogenated alkanes) is 1. The topological polar surface area (TPSA) is 55.6 Å². The van der Waals surface area contributed by atoms with Crippen molar-refractivity contribution in [3.63, 3.8) is 0 Å². The van der Waals surface area contributed by atoms with Crippen molar-refractivity contribution in [2.24, 2.45) is 0 Å². The molecule has 0 aliphatic rings. The molecule has 0 bridgehead atoms. The van der Waals surface area contributed by atoms with Crippen LogP contribution in [0.25, 0.3) is 0 Å². The van der Waals surface area contributed by atoms with Gasteiger partial charge in [-0.15, -0.1) is 12.4 Å². The number of esters is 1. The van der Waals surface area contributed by atoms with Crippen molar-refractivity contribution >= 4 is 24.1 Å². The minimum atomic E-state index is -0.332. The first-order valence-corrected chi connectivity index (χ1v) is 7.90. The number of carbonyl (C=O) groups excluding carboxylic acids is 1. The molecule has 1 aromatic carbocycles. The van der Waals surface area contributed by atoms with Crippen LogP contribution in [0, 0.1) is 0 Å². The lowest BCUT2D eigenvalue weighted by molar-refractivity contribution is 0.0467. The van der Waals surface area contributed by atoms with E-state index >= 15 is 0 Å². The third kappa shape index (κ3) is 6.67. The highest BCUT2D eigenvalue weighted by Gasteiger charge is 2.12. The lowest BCUT2D eigenvalue weighted by atomic mass is 10.0. The molecular formula is C17H29ClN2O2. The molecular weight excluding hydrogens is 300 g/mol. The number of halogens is 1. The number of anilines is 1. The molecule has 0 aliphatic heterocycles. The number of nitrogen functional groups attached to an aromatic ring is 1. The number of rotatable bonds is 9. The Kier molecular flexibility index (Phi) is 10.7. The molecule has 2 N–H and O–H groups in total. The standard InChI is InChI=1S/C17H28N2O2.ClH/c1-4-7-8-14-9-10-15(16(18)13-14)17(20)21-12-11-19(5-2)6-3;/h9-10,13H,4-8,11-12,18H2,1-3H3;1H. The van der Waals surface area contributed by atoms with Crippen molar-refractivity contribution in [2.45, 2.75) is 40.0 Å². The van der Waals surface area contributed by atoms with Gasteiger partial charge in [0.1, 0.15) is 6.61 Å². The summed E-state index contributed by atoms with van der Waals surface area (Å²) < 4.78 is 5.30. The van der Waals surface area contributed by atoms with Crippen molar-refractivity contribution in [3.8, 4) is 0 Å². The predicted octanol–water partition coefficient (Wildman–Crippen LogP) is 3.53. The summed E-state index contributed by atoms with van der Waals surface area (Å²) in [6.07, 6.45) is 3.28. The molecule has 126 valence electrons. The predicted molar refractivity (Wildman–Crippen MR) is 94.8 cm³/mol. The van der Waals surface area contributed by atoms with Crippen LogP contribution < -0.4 is 5.73 Å². The van der Waals surface area contributed by atoms with Gasteiger partial charge in [0.15, 0.2) is 0 Å². The lowest BCUT2D eigenvalue weighted by Gasteiger charge is -2.17. The van der Waals surface area contributed by atoms with Crippen LogP contribution in [-0.2, 0) is 11.2 Å². The van der Waals surface area contributed by atoms with E-state index in [1.165, 1.54) is 5.56 Å². The van der Waals surface area contributed by atoms with Crippen LogP contribution in [0.4, 0.5) is 5.69 Å². The van der Waals surface area contributed by atoms with Gasteiger partial charge in [-0.05, 0) is 43.6 Å². The molecule has 0 aliphatic carbocycles. The maximum Gasteiger partial charge on any atom is 0.340 e. The fourth-order valence-electron chi connectivity index (χ4n) is 2.22. The zero-order valence-corrected chi connectivity index (χ0v) is 14.7. The number of nitrogens with zero attached hydrogens (tertiary/aromatic N) is 1. The van der Waals surface area contributed by atoms with Gasteiger partial charge < -0.3 is 15.4 Å². The second-order valence-electron chi connectivity index (χ2n) is 5.19. The third-order valence-corrected chi connectivity index (χ3v) is 3.69. The Labute approximate surface area is 140 Å². The Morgan fingerprint density at radius 1 is 1.23 bits per heavy atom. The molecule has 0 atom stereocenters. The quantitative estimate of drug-likeness (QED) is 0.556. The maximum absolute atomic E-state index is 12.0. The third-order valence-electron chi connectivity index (χ3n) is 3.69. The molecule has 0 aromatic heterocycles. The molecule has 0 saturated carbocycles. The van der Waals surface area contributed by atoms with Gasteiger partial charge in [-0.2, -0.15) is 0 Å². The van der Waals surface area contributed by atoms with E-state index in [1.807, 2.05) is 12.1 Å². The zero-order valence-electron chi connectivity index (χ0n) is 13.9. The monoisotopic (exact) mass is 328 g/mol. The molecule has 4 nitrogen and oxygen atoms in total. The molecule has 22 heavy (non-hydrogen) atoms. The van der Waals surface area contributed by atoms with Crippen molar-refractivity contribution < 1.29 is 9.53 Å². The summed E-state index contributed by atoms with van der Waals surface area (Å²) in [7, 11) is 0. The van der Waals surface area contributed by atoms with Crippen molar-refractivity contribution in [1.29, 1.82) is 0 Å². The average molecular weight is 329 g/mol. The molecule has 0 fully saturated rings. The molecule has 0 amide bonds. The molecule has 1 aromatic rings. The smallest absolute Gasteiger partial charge is 0.340 e. The van der Waals surface area contributed by atoms with Crippen LogP contribution >= 0.6 is 12.4 Å². The highest BCUT2D eigenvalue weighted by Crippen LogP contribution is 2.17.